The predicted molar refractivity (Wildman–Crippen MR) is 104 cm³/mol. The molecule has 0 spiro atoms. The number of nitrogens with one attached hydrogen (secondary N) is 1. The summed E-state index contributed by atoms with van der Waals surface area (Å²) in [5, 5.41) is 4.37. The van der Waals surface area contributed by atoms with Crippen molar-refractivity contribution in [1.82, 2.24) is 9.88 Å². The molecule has 1 aliphatic rings. The van der Waals surface area contributed by atoms with E-state index in [2.05, 4.69) is 10.3 Å². The van der Waals surface area contributed by atoms with Gasteiger partial charge in [0.25, 0.3) is 0 Å². The number of nitrogens with zero attached hydrogens (tertiary/aromatic N) is 2. The van der Waals surface area contributed by atoms with E-state index in [1.807, 2.05) is 23.9 Å². The average molecular weight is 430 g/mol. The summed E-state index contributed by atoms with van der Waals surface area (Å²) in [5.41, 5.74) is 8.03. The molecule has 1 heterocycles. The van der Waals surface area contributed by atoms with E-state index in [0.717, 1.165) is 17.3 Å². The number of halogens is 2. The largest absolute Gasteiger partial charge is 0.370 e. The van der Waals surface area contributed by atoms with Crippen LogP contribution >= 0.6 is 24.0 Å². The average Bonchev–Trinajstić information content (AvgIpc) is 3.08. The maximum absolute atomic E-state index is 13.3. The number of guanidine groups is 1. The topological polar surface area (TPSA) is 55.3 Å². The Labute approximate surface area is 153 Å². The minimum absolute atomic E-state index is 0. The van der Waals surface area contributed by atoms with E-state index in [1.165, 1.54) is 37.3 Å². The summed E-state index contributed by atoms with van der Waals surface area (Å²) in [7, 11) is 1.94. The third-order valence-corrected chi connectivity index (χ3v) is 4.41. The first-order chi connectivity index (χ1) is 10.6. The van der Waals surface area contributed by atoms with Crippen LogP contribution in [0.15, 0.2) is 29.4 Å². The van der Waals surface area contributed by atoms with Gasteiger partial charge in [0.2, 0.25) is 0 Å². The van der Waals surface area contributed by atoms with Crippen molar-refractivity contribution in [3.63, 3.8) is 0 Å². The first-order valence-corrected chi connectivity index (χ1v) is 7.93. The summed E-state index contributed by atoms with van der Waals surface area (Å²) >= 11 is 0. The normalized spacial score (nSPS) is 15.8. The van der Waals surface area contributed by atoms with Crippen LogP contribution in [-0.2, 0) is 13.5 Å². The number of aliphatic imine (C=N–C) groups is 1. The van der Waals surface area contributed by atoms with Gasteiger partial charge >= 0.3 is 0 Å². The van der Waals surface area contributed by atoms with Gasteiger partial charge in [-0.25, -0.2) is 4.39 Å². The second-order valence-corrected chi connectivity index (χ2v) is 6.07. The van der Waals surface area contributed by atoms with Crippen LogP contribution in [0.1, 0.15) is 31.2 Å². The van der Waals surface area contributed by atoms with Gasteiger partial charge in [0.15, 0.2) is 5.96 Å². The Hall–Kier alpha value is -1.31. The molecule has 3 N–H and O–H groups in total. The summed E-state index contributed by atoms with van der Waals surface area (Å²) in [6.45, 7) is 0.641. The number of aromatic nitrogens is 1. The van der Waals surface area contributed by atoms with Gasteiger partial charge in [0.1, 0.15) is 5.82 Å². The Morgan fingerprint density at radius 1 is 1.39 bits per heavy atom. The third kappa shape index (κ3) is 4.37. The highest BCUT2D eigenvalue weighted by Gasteiger charge is 2.14. The highest BCUT2D eigenvalue weighted by Crippen LogP contribution is 2.22. The minimum Gasteiger partial charge on any atom is -0.370 e. The first-order valence-electron chi connectivity index (χ1n) is 7.93. The standard InChI is InChI=1S/C17H23FN4.HI/c1-22-11-12(15-7-6-13(18)10-16(15)22)8-9-20-17(19)21-14-4-2-3-5-14;/h6-7,10-11,14H,2-5,8-9H2,1H3,(H3,19,20,21);1H. The molecule has 0 unspecified atom stereocenters. The molecule has 1 saturated carbocycles. The fraction of sp³-hybridized carbons (Fsp3) is 0.471. The zero-order chi connectivity index (χ0) is 15.5. The molecule has 1 aromatic carbocycles. The van der Waals surface area contributed by atoms with Gasteiger partial charge < -0.3 is 15.6 Å². The number of rotatable bonds is 4. The maximum Gasteiger partial charge on any atom is 0.188 e. The lowest BCUT2D eigenvalue weighted by Gasteiger charge is -2.12. The Morgan fingerprint density at radius 3 is 2.87 bits per heavy atom. The summed E-state index contributed by atoms with van der Waals surface area (Å²) in [6.07, 6.45) is 7.77. The molecule has 0 aliphatic heterocycles. The Balaban J connectivity index is 0.00000192. The molecule has 126 valence electrons. The van der Waals surface area contributed by atoms with Gasteiger partial charge in [-0.05, 0) is 43.0 Å². The van der Waals surface area contributed by atoms with Crippen LogP contribution < -0.4 is 11.1 Å². The molecular formula is C17H24FIN4. The van der Waals surface area contributed by atoms with Crippen LogP contribution in [0.2, 0.25) is 0 Å². The fourth-order valence-corrected chi connectivity index (χ4v) is 3.26. The molecule has 23 heavy (non-hydrogen) atoms. The number of benzene rings is 1. The number of aryl methyl sites for hydroxylation is 1. The lowest BCUT2D eigenvalue weighted by Crippen LogP contribution is -2.38. The van der Waals surface area contributed by atoms with Crippen LogP contribution in [0.4, 0.5) is 4.39 Å². The lowest BCUT2D eigenvalue weighted by molar-refractivity contribution is 0.625. The van der Waals surface area contributed by atoms with Crippen LogP contribution in [0.3, 0.4) is 0 Å². The van der Waals surface area contributed by atoms with Crippen molar-refractivity contribution in [1.29, 1.82) is 0 Å². The smallest absolute Gasteiger partial charge is 0.188 e. The van der Waals surface area contributed by atoms with Crippen LogP contribution in [0.5, 0.6) is 0 Å². The minimum atomic E-state index is -0.205. The second kappa shape index (κ2) is 7.99. The van der Waals surface area contributed by atoms with Gasteiger partial charge in [-0.15, -0.1) is 24.0 Å². The molecule has 0 bridgehead atoms. The van der Waals surface area contributed by atoms with Crippen molar-refractivity contribution in [2.75, 3.05) is 6.54 Å². The second-order valence-electron chi connectivity index (χ2n) is 6.07. The van der Waals surface area contributed by atoms with Crippen LogP contribution in [0, 0.1) is 5.82 Å². The third-order valence-electron chi connectivity index (χ3n) is 4.41. The Bertz CT molecular complexity index is 689. The number of nitrogens with two attached hydrogens (primary N) is 1. The molecule has 0 saturated heterocycles. The molecular weight excluding hydrogens is 406 g/mol. The molecule has 0 amide bonds. The van der Waals surface area contributed by atoms with E-state index in [1.54, 1.807) is 6.07 Å². The van der Waals surface area contributed by atoms with Crippen molar-refractivity contribution in [3.8, 4) is 0 Å². The Kier molecular flexibility index (Phi) is 6.26. The first kappa shape index (κ1) is 18.0. The molecule has 0 atom stereocenters. The van der Waals surface area contributed by atoms with E-state index < -0.39 is 0 Å². The molecule has 2 aromatic rings. The van der Waals surface area contributed by atoms with E-state index in [9.17, 15) is 4.39 Å². The van der Waals surface area contributed by atoms with Crippen molar-refractivity contribution in [2.24, 2.45) is 17.8 Å². The van der Waals surface area contributed by atoms with Gasteiger partial charge in [0.05, 0.1) is 5.52 Å². The SMILES string of the molecule is Cn1cc(CCN=C(N)NC2CCCC2)c2ccc(F)cc21.I. The number of fused-ring (bicyclic) bond motifs is 1. The quantitative estimate of drug-likeness (QED) is 0.444. The molecule has 6 heteroatoms. The zero-order valence-corrected chi connectivity index (χ0v) is 15.7. The van der Waals surface area contributed by atoms with Gasteiger partial charge in [-0.1, -0.05) is 12.8 Å². The monoisotopic (exact) mass is 430 g/mol. The molecule has 3 rings (SSSR count). The number of hydrogen-bond donors (Lipinski definition) is 2. The van der Waals surface area contributed by atoms with Crippen molar-refractivity contribution >= 4 is 40.8 Å². The molecule has 4 nitrogen and oxygen atoms in total. The van der Waals surface area contributed by atoms with Gasteiger partial charge in [-0.3, -0.25) is 4.99 Å². The summed E-state index contributed by atoms with van der Waals surface area (Å²) < 4.78 is 15.3. The van der Waals surface area contributed by atoms with Crippen LogP contribution in [0.25, 0.3) is 10.9 Å². The van der Waals surface area contributed by atoms with Crippen molar-refractivity contribution < 1.29 is 4.39 Å². The van der Waals surface area contributed by atoms with Gasteiger partial charge in [0, 0.05) is 31.2 Å². The summed E-state index contributed by atoms with van der Waals surface area (Å²) in [5.74, 6) is 0.335. The predicted octanol–water partition coefficient (Wildman–Crippen LogP) is 3.32. The Morgan fingerprint density at radius 2 is 2.13 bits per heavy atom. The zero-order valence-electron chi connectivity index (χ0n) is 13.4. The number of hydrogen-bond acceptors (Lipinski definition) is 1. The molecule has 0 radical (unpaired) electrons. The fourth-order valence-electron chi connectivity index (χ4n) is 3.26. The molecule has 1 aliphatic carbocycles. The summed E-state index contributed by atoms with van der Waals surface area (Å²) in [6, 6.07) is 5.40. The van der Waals surface area contributed by atoms with E-state index >= 15 is 0 Å². The van der Waals surface area contributed by atoms with E-state index in [0.29, 0.717) is 18.5 Å². The molecule has 1 aromatic heterocycles. The van der Waals surface area contributed by atoms with E-state index in [-0.39, 0.29) is 29.8 Å². The highest BCUT2D eigenvalue weighted by atomic mass is 127. The molecule has 1 fully saturated rings. The summed E-state index contributed by atoms with van der Waals surface area (Å²) in [4.78, 5) is 4.42. The maximum atomic E-state index is 13.3. The van der Waals surface area contributed by atoms with Crippen molar-refractivity contribution in [2.45, 2.75) is 38.1 Å². The highest BCUT2D eigenvalue weighted by molar-refractivity contribution is 14.0. The van der Waals surface area contributed by atoms with E-state index in [4.69, 9.17) is 5.73 Å². The lowest BCUT2D eigenvalue weighted by atomic mass is 10.1. The van der Waals surface area contributed by atoms with Crippen molar-refractivity contribution in [3.05, 3.63) is 35.8 Å². The van der Waals surface area contributed by atoms with Crippen LogP contribution in [-0.4, -0.2) is 23.1 Å². The van der Waals surface area contributed by atoms with Gasteiger partial charge in [-0.2, -0.15) is 0 Å².